The Morgan fingerprint density at radius 1 is 1.05 bits per heavy atom. The van der Waals surface area contributed by atoms with Crippen molar-refractivity contribution in [1.82, 2.24) is 15.3 Å². The number of fused-ring (bicyclic) bond motifs is 2. The van der Waals surface area contributed by atoms with E-state index in [-0.39, 0.29) is 11.8 Å². The lowest BCUT2D eigenvalue weighted by atomic mass is 10.1. The van der Waals surface area contributed by atoms with Crippen molar-refractivity contribution in [3.05, 3.63) is 47.1 Å². The van der Waals surface area contributed by atoms with Crippen molar-refractivity contribution in [2.24, 2.45) is 0 Å². The maximum atomic E-state index is 11.7. The molecule has 0 unspecified atom stereocenters. The van der Waals surface area contributed by atoms with Crippen molar-refractivity contribution in [2.75, 3.05) is 5.32 Å². The van der Waals surface area contributed by atoms with Crippen molar-refractivity contribution >= 4 is 44.9 Å². The number of carbonyl (C=O) groups excluding carboxylic acids is 2. The number of nitrogens with one attached hydrogen (secondary N) is 2. The summed E-state index contributed by atoms with van der Waals surface area (Å²) in [6.07, 6.45) is 1.49. The van der Waals surface area contributed by atoms with Gasteiger partial charge in [-0.2, -0.15) is 0 Å². The van der Waals surface area contributed by atoms with Gasteiger partial charge in [-0.05, 0) is 29.6 Å². The number of amides is 2. The Kier molecular flexibility index (Phi) is 2.48. The number of aromatic nitrogens is 2. The molecule has 1 aromatic carbocycles. The molecule has 102 valence electrons. The number of imide groups is 1. The summed E-state index contributed by atoms with van der Waals surface area (Å²) in [5, 5.41) is 7.38. The minimum atomic E-state index is -0.373. The van der Waals surface area contributed by atoms with Crippen LogP contribution in [0.25, 0.3) is 10.2 Å². The molecule has 0 saturated carbocycles. The van der Waals surface area contributed by atoms with Gasteiger partial charge >= 0.3 is 0 Å². The number of nitrogens with zero attached hydrogens (tertiary/aromatic N) is 2. The van der Waals surface area contributed by atoms with Crippen molar-refractivity contribution < 1.29 is 9.59 Å². The Morgan fingerprint density at radius 3 is 2.81 bits per heavy atom. The summed E-state index contributed by atoms with van der Waals surface area (Å²) in [5.74, 6) is -0.0495. The van der Waals surface area contributed by atoms with Crippen LogP contribution in [-0.4, -0.2) is 21.8 Å². The fraction of sp³-hybridized carbons (Fsp3) is 0. The number of anilines is 2. The van der Waals surface area contributed by atoms with Crippen molar-refractivity contribution in [2.45, 2.75) is 0 Å². The largest absolute Gasteiger partial charge is 0.339 e. The first-order valence-corrected chi connectivity index (χ1v) is 7.05. The van der Waals surface area contributed by atoms with E-state index in [0.29, 0.717) is 22.6 Å². The number of carbonyl (C=O) groups is 2. The van der Waals surface area contributed by atoms with E-state index in [1.807, 2.05) is 11.4 Å². The summed E-state index contributed by atoms with van der Waals surface area (Å²) in [5.41, 5.74) is 2.34. The third-order valence-electron chi connectivity index (χ3n) is 3.24. The second kappa shape index (κ2) is 4.35. The van der Waals surface area contributed by atoms with Gasteiger partial charge in [0, 0.05) is 5.69 Å². The van der Waals surface area contributed by atoms with Crippen LogP contribution in [0.3, 0.4) is 0 Å². The van der Waals surface area contributed by atoms with Crippen LogP contribution in [0.5, 0.6) is 0 Å². The predicted molar refractivity (Wildman–Crippen MR) is 78.9 cm³/mol. The highest BCUT2D eigenvalue weighted by Crippen LogP contribution is 2.28. The number of hydrogen-bond acceptors (Lipinski definition) is 6. The molecule has 2 amide bonds. The molecule has 3 heterocycles. The molecule has 0 atom stereocenters. The summed E-state index contributed by atoms with van der Waals surface area (Å²) in [6.45, 7) is 0. The molecular weight excluding hydrogens is 288 g/mol. The second-order valence-corrected chi connectivity index (χ2v) is 5.44. The SMILES string of the molecule is O=C1NC(=O)c2cc(Nc3ncnc4ccsc34)ccc21. The molecule has 3 aromatic rings. The van der Waals surface area contributed by atoms with E-state index < -0.39 is 0 Å². The van der Waals surface area contributed by atoms with Crippen molar-refractivity contribution in [3.8, 4) is 0 Å². The van der Waals surface area contributed by atoms with Crippen LogP contribution in [0, 0.1) is 0 Å². The van der Waals surface area contributed by atoms with Crippen molar-refractivity contribution in [1.29, 1.82) is 0 Å². The van der Waals surface area contributed by atoms with Gasteiger partial charge in [0.25, 0.3) is 11.8 Å². The predicted octanol–water partition coefficient (Wildman–Crippen LogP) is 2.32. The zero-order valence-corrected chi connectivity index (χ0v) is 11.4. The smallest absolute Gasteiger partial charge is 0.259 e. The fourth-order valence-corrected chi connectivity index (χ4v) is 3.05. The summed E-state index contributed by atoms with van der Waals surface area (Å²) in [6, 6.07) is 6.95. The van der Waals surface area contributed by atoms with Gasteiger partial charge in [-0.15, -0.1) is 11.3 Å². The van der Waals surface area contributed by atoms with Crippen molar-refractivity contribution in [3.63, 3.8) is 0 Å². The highest BCUT2D eigenvalue weighted by Gasteiger charge is 2.26. The first-order valence-electron chi connectivity index (χ1n) is 6.17. The minimum absolute atomic E-state index is 0.357. The van der Waals surface area contributed by atoms with Crippen LogP contribution in [0.4, 0.5) is 11.5 Å². The van der Waals surface area contributed by atoms with Gasteiger partial charge in [-0.25, -0.2) is 9.97 Å². The molecule has 7 heteroatoms. The topological polar surface area (TPSA) is 84.0 Å². The second-order valence-electron chi connectivity index (χ2n) is 4.53. The maximum absolute atomic E-state index is 11.7. The lowest BCUT2D eigenvalue weighted by molar-refractivity contribution is 0.0879. The van der Waals surface area contributed by atoms with E-state index >= 15 is 0 Å². The zero-order chi connectivity index (χ0) is 14.4. The van der Waals surface area contributed by atoms with Gasteiger partial charge in [0.05, 0.1) is 21.3 Å². The average molecular weight is 296 g/mol. The summed E-state index contributed by atoms with van der Waals surface area (Å²) >= 11 is 1.54. The molecule has 0 fully saturated rings. The summed E-state index contributed by atoms with van der Waals surface area (Å²) in [7, 11) is 0. The average Bonchev–Trinajstić information content (AvgIpc) is 3.06. The monoisotopic (exact) mass is 296 g/mol. The van der Waals surface area contributed by atoms with Crippen LogP contribution in [0.2, 0.25) is 0 Å². The number of hydrogen-bond donors (Lipinski definition) is 2. The minimum Gasteiger partial charge on any atom is -0.339 e. The van der Waals surface area contributed by atoms with E-state index in [9.17, 15) is 9.59 Å². The van der Waals surface area contributed by atoms with Gasteiger partial charge < -0.3 is 5.32 Å². The van der Waals surface area contributed by atoms with E-state index in [4.69, 9.17) is 0 Å². The Balaban J connectivity index is 1.76. The third-order valence-corrected chi connectivity index (χ3v) is 4.15. The van der Waals surface area contributed by atoms with Crippen LogP contribution >= 0.6 is 11.3 Å². The number of thiophene rings is 1. The molecule has 2 N–H and O–H groups in total. The van der Waals surface area contributed by atoms with Gasteiger partial charge in [0.2, 0.25) is 0 Å². The normalized spacial score (nSPS) is 13.3. The van der Waals surface area contributed by atoms with E-state index in [1.165, 1.54) is 17.7 Å². The van der Waals surface area contributed by atoms with Gasteiger partial charge in [0.1, 0.15) is 6.33 Å². The quantitative estimate of drug-likeness (QED) is 0.709. The highest BCUT2D eigenvalue weighted by molar-refractivity contribution is 7.17. The molecule has 0 radical (unpaired) electrons. The molecule has 6 nitrogen and oxygen atoms in total. The molecule has 0 saturated heterocycles. The summed E-state index contributed by atoms with van der Waals surface area (Å²) in [4.78, 5) is 31.6. The molecule has 0 spiro atoms. The Labute approximate surface area is 122 Å². The first kappa shape index (κ1) is 12.0. The van der Waals surface area contributed by atoms with Gasteiger partial charge in [0.15, 0.2) is 5.82 Å². The Hall–Kier alpha value is -2.80. The van der Waals surface area contributed by atoms with Gasteiger partial charge in [-0.1, -0.05) is 0 Å². The standard InChI is InChI=1S/C14H8N4O2S/c19-13-8-2-1-7(5-9(8)14(20)18-13)17-12-11-10(3-4-21-11)15-6-16-12/h1-6H,(H,15,16,17)(H,18,19,20). The lowest BCUT2D eigenvalue weighted by Crippen LogP contribution is -2.19. The Bertz CT molecular complexity index is 903. The first-order chi connectivity index (χ1) is 10.2. The third kappa shape index (κ3) is 1.86. The summed E-state index contributed by atoms with van der Waals surface area (Å²) < 4.78 is 0.943. The maximum Gasteiger partial charge on any atom is 0.259 e. The molecule has 2 aromatic heterocycles. The molecular formula is C14H8N4O2S. The number of benzene rings is 1. The molecule has 0 aliphatic carbocycles. The highest BCUT2D eigenvalue weighted by atomic mass is 32.1. The molecule has 21 heavy (non-hydrogen) atoms. The van der Waals surface area contributed by atoms with Crippen LogP contribution in [-0.2, 0) is 0 Å². The Morgan fingerprint density at radius 2 is 1.90 bits per heavy atom. The van der Waals surface area contributed by atoms with Crippen LogP contribution in [0.1, 0.15) is 20.7 Å². The lowest BCUT2D eigenvalue weighted by Gasteiger charge is -2.07. The number of rotatable bonds is 2. The van der Waals surface area contributed by atoms with Crippen LogP contribution < -0.4 is 10.6 Å². The van der Waals surface area contributed by atoms with E-state index in [0.717, 1.165) is 10.2 Å². The van der Waals surface area contributed by atoms with E-state index in [2.05, 4.69) is 20.6 Å². The molecule has 4 rings (SSSR count). The van der Waals surface area contributed by atoms with Gasteiger partial charge in [-0.3, -0.25) is 14.9 Å². The van der Waals surface area contributed by atoms with Crippen LogP contribution in [0.15, 0.2) is 36.0 Å². The molecule has 1 aliphatic heterocycles. The van der Waals surface area contributed by atoms with E-state index in [1.54, 1.807) is 18.2 Å². The molecule has 1 aliphatic rings. The molecule has 0 bridgehead atoms. The fourth-order valence-electron chi connectivity index (χ4n) is 2.26. The zero-order valence-electron chi connectivity index (χ0n) is 10.6.